The minimum absolute atomic E-state index is 0.0132. The molecule has 0 saturated heterocycles. The summed E-state index contributed by atoms with van der Waals surface area (Å²) >= 11 is 1.43. The third kappa shape index (κ3) is 5.01. The zero-order valence-electron chi connectivity index (χ0n) is 16.3. The van der Waals surface area contributed by atoms with Gasteiger partial charge in [-0.1, -0.05) is 85.8 Å². The number of nitrogens with one attached hydrogen (secondary N) is 1. The summed E-state index contributed by atoms with van der Waals surface area (Å²) in [6.07, 6.45) is 1.93. The molecular formula is C22H26N4OS. The van der Waals surface area contributed by atoms with Crippen molar-refractivity contribution in [2.24, 2.45) is 0 Å². The maximum atomic E-state index is 12.6. The zero-order chi connectivity index (χ0) is 19.8. The van der Waals surface area contributed by atoms with E-state index in [1.807, 2.05) is 53.1 Å². The first-order chi connectivity index (χ1) is 13.7. The monoisotopic (exact) mass is 394 g/mol. The Morgan fingerprint density at radius 2 is 1.71 bits per heavy atom. The quantitative estimate of drug-likeness (QED) is 0.534. The lowest BCUT2D eigenvalue weighted by Gasteiger charge is -2.18. The van der Waals surface area contributed by atoms with E-state index in [0.717, 1.165) is 41.5 Å². The van der Waals surface area contributed by atoms with Gasteiger partial charge in [-0.15, -0.1) is 10.2 Å². The number of benzene rings is 2. The van der Waals surface area contributed by atoms with Crippen LogP contribution in [0.25, 0.3) is 11.4 Å². The number of thioether (sulfide) groups is 1. The molecule has 146 valence electrons. The molecule has 28 heavy (non-hydrogen) atoms. The summed E-state index contributed by atoms with van der Waals surface area (Å²) in [5, 5.41) is 12.6. The Morgan fingerprint density at radius 1 is 1.04 bits per heavy atom. The van der Waals surface area contributed by atoms with E-state index in [0.29, 0.717) is 5.75 Å². The van der Waals surface area contributed by atoms with Gasteiger partial charge in [-0.25, -0.2) is 0 Å². The van der Waals surface area contributed by atoms with Gasteiger partial charge >= 0.3 is 0 Å². The number of carbonyl (C=O) groups is 1. The van der Waals surface area contributed by atoms with Gasteiger partial charge in [-0.05, 0) is 18.9 Å². The second kappa shape index (κ2) is 10.1. The smallest absolute Gasteiger partial charge is 0.230 e. The second-order valence-electron chi connectivity index (χ2n) is 6.52. The van der Waals surface area contributed by atoms with Crippen LogP contribution >= 0.6 is 11.8 Å². The van der Waals surface area contributed by atoms with Gasteiger partial charge in [0, 0.05) is 12.1 Å². The summed E-state index contributed by atoms with van der Waals surface area (Å²) in [5.74, 6) is 1.17. The highest BCUT2D eigenvalue weighted by molar-refractivity contribution is 7.99. The van der Waals surface area contributed by atoms with Gasteiger partial charge in [0.15, 0.2) is 11.0 Å². The molecular weight excluding hydrogens is 368 g/mol. The molecule has 1 N–H and O–H groups in total. The third-order valence-corrected chi connectivity index (χ3v) is 5.48. The Bertz CT molecular complexity index is 880. The minimum Gasteiger partial charge on any atom is -0.349 e. The van der Waals surface area contributed by atoms with Crippen LogP contribution in [0.5, 0.6) is 0 Å². The van der Waals surface area contributed by atoms with Gasteiger partial charge in [0.2, 0.25) is 5.91 Å². The van der Waals surface area contributed by atoms with Gasteiger partial charge in [0.25, 0.3) is 0 Å². The lowest BCUT2D eigenvalue weighted by Crippen LogP contribution is -2.30. The number of aromatic nitrogens is 3. The largest absolute Gasteiger partial charge is 0.349 e. The number of hydrogen-bond acceptors (Lipinski definition) is 4. The van der Waals surface area contributed by atoms with Gasteiger partial charge in [0.1, 0.15) is 0 Å². The molecule has 0 aliphatic heterocycles. The van der Waals surface area contributed by atoms with E-state index < -0.39 is 0 Å². The molecule has 0 spiro atoms. The number of carbonyl (C=O) groups excluding carboxylic acids is 1. The van der Waals surface area contributed by atoms with Crippen molar-refractivity contribution >= 4 is 17.7 Å². The van der Waals surface area contributed by atoms with Crippen LogP contribution in [-0.2, 0) is 11.3 Å². The summed E-state index contributed by atoms with van der Waals surface area (Å²) in [5.41, 5.74) is 2.17. The molecule has 0 fully saturated rings. The van der Waals surface area contributed by atoms with E-state index in [-0.39, 0.29) is 11.9 Å². The topological polar surface area (TPSA) is 59.8 Å². The highest BCUT2D eigenvalue weighted by atomic mass is 32.2. The fourth-order valence-corrected chi connectivity index (χ4v) is 3.96. The predicted molar refractivity (Wildman–Crippen MR) is 114 cm³/mol. The normalized spacial score (nSPS) is 11.9. The van der Waals surface area contributed by atoms with Crippen molar-refractivity contribution in [2.75, 3.05) is 5.75 Å². The van der Waals surface area contributed by atoms with Gasteiger partial charge in [0.05, 0.1) is 11.8 Å². The van der Waals surface area contributed by atoms with Gasteiger partial charge in [-0.2, -0.15) is 0 Å². The van der Waals surface area contributed by atoms with Crippen molar-refractivity contribution in [3.05, 3.63) is 66.2 Å². The summed E-state index contributed by atoms with van der Waals surface area (Å²) in [7, 11) is 0. The predicted octanol–water partition coefficient (Wildman–Crippen LogP) is 4.71. The molecule has 1 aromatic heterocycles. The first kappa shape index (κ1) is 20.1. The molecule has 5 nitrogen and oxygen atoms in total. The maximum Gasteiger partial charge on any atom is 0.230 e. The Morgan fingerprint density at radius 3 is 2.36 bits per heavy atom. The molecule has 3 rings (SSSR count). The Kier molecular flexibility index (Phi) is 7.25. The summed E-state index contributed by atoms with van der Waals surface area (Å²) in [4.78, 5) is 12.6. The number of nitrogens with zero attached hydrogens (tertiary/aromatic N) is 3. The fraction of sp³-hybridized carbons (Fsp3) is 0.318. The molecule has 1 atom stereocenters. The molecule has 0 unspecified atom stereocenters. The lowest BCUT2D eigenvalue weighted by atomic mass is 10.0. The van der Waals surface area contributed by atoms with E-state index >= 15 is 0 Å². The zero-order valence-corrected chi connectivity index (χ0v) is 17.2. The van der Waals surface area contributed by atoms with Crippen molar-refractivity contribution in [1.82, 2.24) is 20.1 Å². The first-order valence-corrected chi connectivity index (χ1v) is 10.7. The van der Waals surface area contributed by atoms with E-state index in [4.69, 9.17) is 0 Å². The Balaban J connectivity index is 1.65. The number of amides is 1. The SMILES string of the molecule is CCC[C@H](NC(=O)CSc1nnc(-c2ccccc2)n1CC)c1ccccc1. The van der Waals surface area contributed by atoms with E-state index in [9.17, 15) is 4.79 Å². The highest BCUT2D eigenvalue weighted by Crippen LogP contribution is 2.24. The minimum atomic E-state index is 0.0132. The van der Waals surface area contributed by atoms with Crippen molar-refractivity contribution in [3.8, 4) is 11.4 Å². The standard InChI is InChI=1S/C22H26N4OS/c1-3-11-19(17-12-7-5-8-13-17)23-20(27)16-28-22-25-24-21(26(22)4-2)18-14-9-6-10-15-18/h5-10,12-15,19H,3-4,11,16H2,1-2H3,(H,23,27)/t19-/m0/s1. The summed E-state index contributed by atoms with van der Waals surface area (Å²) < 4.78 is 2.05. The van der Waals surface area contributed by atoms with Crippen LogP contribution in [-0.4, -0.2) is 26.4 Å². The van der Waals surface area contributed by atoms with E-state index in [1.165, 1.54) is 11.8 Å². The maximum absolute atomic E-state index is 12.6. The van der Waals surface area contributed by atoms with Crippen LogP contribution in [0.2, 0.25) is 0 Å². The van der Waals surface area contributed by atoms with Crippen molar-refractivity contribution in [3.63, 3.8) is 0 Å². The average molecular weight is 395 g/mol. The number of rotatable bonds is 9. The van der Waals surface area contributed by atoms with Crippen LogP contribution < -0.4 is 5.32 Å². The van der Waals surface area contributed by atoms with E-state index in [2.05, 4.69) is 41.5 Å². The van der Waals surface area contributed by atoms with Crippen LogP contribution in [0.1, 0.15) is 38.3 Å². The summed E-state index contributed by atoms with van der Waals surface area (Å²) in [6.45, 7) is 4.95. The molecule has 0 saturated carbocycles. The van der Waals surface area contributed by atoms with Gasteiger partial charge in [-0.3, -0.25) is 4.79 Å². The molecule has 0 aliphatic carbocycles. The molecule has 0 bridgehead atoms. The van der Waals surface area contributed by atoms with Crippen molar-refractivity contribution < 1.29 is 4.79 Å². The molecule has 6 heteroatoms. The van der Waals surface area contributed by atoms with Crippen molar-refractivity contribution in [1.29, 1.82) is 0 Å². The molecule has 2 aromatic carbocycles. The van der Waals surface area contributed by atoms with Crippen molar-refractivity contribution in [2.45, 2.75) is 44.4 Å². The fourth-order valence-electron chi connectivity index (χ4n) is 3.14. The lowest BCUT2D eigenvalue weighted by molar-refractivity contribution is -0.119. The average Bonchev–Trinajstić information content (AvgIpc) is 3.16. The molecule has 0 aliphatic rings. The molecule has 1 heterocycles. The van der Waals surface area contributed by atoms with Crippen LogP contribution in [0.3, 0.4) is 0 Å². The van der Waals surface area contributed by atoms with Crippen LogP contribution in [0, 0.1) is 0 Å². The van der Waals surface area contributed by atoms with Crippen LogP contribution in [0.15, 0.2) is 65.8 Å². The van der Waals surface area contributed by atoms with E-state index in [1.54, 1.807) is 0 Å². The Labute approximate surface area is 170 Å². The second-order valence-corrected chi connectivity index (χ2v) is 7.47. The van der Waals surface area contributed by atoms with Gasteiger partial charge < -0.3 is 9.88 Å². The molecule has 0 radical (unpaired) electrons. The third-order valence-electron chi connectivity index (χ3n) is 4.51. The Hall–Kier alpha value is -2.60. The number of hydrogen-bond donors (Lipinski definition) is 1. The summed E-state index contributed by atoms with van der Waals surface area (Å²) in [6, 6.07) is 20.2. The molecule has 3 aromatic rings. The highest BCUT2D eigenvalue weighted by Gasteiger charge is 2.17. The van der Waals surface area contributed by atoms with Crippen LogP contribution in [0.4, 0.5) is 0 Å². The molecule has 1 amide bonds. The first-order valence-electron chi connectivity index (χ1n) is 9.68.